The number of aromatic carboxylic acids is 1. The van der Waals surface area contributed by atoms with Crippen LogP contribution in [0, 0.1) is 6.92 Å². The van der Waals surface area contributed by atoms with Crippen LogP contribution in [0.4, 0.5) is 33.6 Å². The SMILES string of the molecule is Cc1cc([C@@H](C)Nc2ccccc2C(=O)O)c2nc(N3CCC(F)(F)C3)n3cc(C(F)(F)F)nc3c2c1. The molecule has 37 heavy (non-hydrogen) atoms. The largest absolute Gasteiger partial charge is 0.478 e. The predicted octanol–water partition coefficient (Wildman–Crippen LogP) is 5.93. The van der Waals surface area contributed by atoms with E-state index in [1.165, 1.54) is 11.0 Å². The average Bonchev–Trinajstić information content (AvgIpc) is 3.42. The summed E-state index contributed by atoms with van der Waals surface area (Å²) in [7, 11) is 0. The van der Waals surface area contributed by atoms with E-state index >= 15 is 0 Å². The summed E-state index contributed by atoms with van der Waals surface area (Å²) in [5.41, 5.74) is 0.743. The number of nitrogens with one attached hydrogen (secondary N) is 1. The second-order valence-corrected chi connectivity index (χ2v) is 9.22. The van der Waals surface area contributed by atoms with Crippen molar-refractivity contribution in [3.8, 4) is 0 Å². The lowest BCUT2D eigenvalue weighted by atomic mass is 10.0. The number of carboxylic acids is 1. The number of alkyl halides is 5. The molecule has 12 heteroatoms. The Morgan fingerprint density at radius 1 is 1.19 bits per heavy atom. The van der Waals surface area contributed by atoms with Crippen molar-refractivity contribution in [1.29, 1.82) is 0 Å². The van der Waals surface area contributed by atoms with E-state index in [2.05, 4.69) is 15.3 Å². The van der Waals surface area contributed by atoms with Gasteiger partial charge in [-0.25, -0.2) is 23.5 Å². The number of rotatable bonds is 5. The van der Waals surface area contributed by atoms with E-state index in [-0.39, 0.29) is 29.2 Å². The Balaban J connectivity index is 1.72. The average molecular weight is 519 g/mol. The molecule has 0 saturated carbocycles. The molecule has 1 aliphatic rings. The third-order valence-corrected chi connectivity index (χ3v) is 6.40. The van der Waals surface area contributed by atoms with Crippen molar-refractivity contribution in [2.45, 2.75) is 38.4 Å². The summed E-state index contributed by atoms with van der Waals surface area (Å²) in [5, 5.41) is 13.0. The number of hydrogen-bond donors (Lipinski definition) is 2. The molecular weight excluding hydrogens is 497 g/mol. The second kappa shape index (κ2) is 8.56. The first-order chi connectivity index (χ1) is 17.3. The Morgan fingerprint density at radius 3 is 2.57 bits per heavy atom. The van der Waals surface area contributed by atoms with Gasteiger partial charge in [0.2, 0.25) is 5.95 Å². The molecule has 0 bridgehead atoms. The van der Waals surface area contributed by atoms with Crippen LogP contribution in [-0.4, -0.2) is 44.5 Å². The molecule has 2 aromatic heterocycles. The van der Waals surface area contributed by atoms with Crippen LogP contribution in [0.2, 0.25) is 0 Å². The number of carboxylic acid groups (broad SMARTS) is 1. The number of fused-ring (bicyclic) bond motifs is 3. The van der Waals surface area contributed by atoms with Gasteiger partial charge >= 0.3 is 12.1 Å². The van der Waals surface area contributed by atoms with Crippen molar-refractivity contribution in [3.05, 3.63) is 65.0 Å². The molecule has 0 aliphatic carbocycles. The van der Waals surface area contributed by atoms with E-state index in [1.807, 2.05) is 0 Å². The van der Waals surface area contributed by atoms with Crippen LogP contribution in [-0.2, 0) is 6.18 Å². The molecule has 1 saturated heterocycles. The molecule has 7 nitrogen and oxygen atoms in total. The maximum absolute atomic E-state index is 14.1. The highest BCUT2D eigenvalue weighted by atomic mass is 19.4. The molecule has 194 valence electrons. The number of anilines is 2. The van der Waals surface area contributed by atoms with Crippen molar-refractivity contribution in [3.63, 3.8) is 0 Å². The summed E-state index contributed by atoms with van der Waals surface area (Å²) in [4.78, 5) is 21.3. The van der Waals surface area contributed by atoms with Crippen molar-refractivity contribution in [2.24, 2.45) is 0 Å². The van der Waals surface area contributed by atoms with Gasteiger partial charge in [-0.1, -0.05) is 18.2 Å². The zero-order chi connectivity index (χ0) is 26.7. The van der Waals surface area contributed by atoms with Crippen LogP contribution in [0.3, 0.4) is 0 Å². The predicted molar refractivity (Wildman–Crippen MR) is 127 cm³/mol. The van der Waals surface area contributed by atoms with Gasteiger partial charge in [-0.3, -0.25) is 4.40 Å². The van der Waals surface area contributed by atoms with E-state index < -0.39 is 42.8 Å². The van der Waals surface area contributed by atoms with Crippen molar-refractivity contribution in [1.82, 2.24) is 14.4 Å². The number of hydrogen-bond acceptors (Lipinski definition) is 5. The highest BCUT2D eigenvalue weighted by Gasteiger charge is 2.41. The topological polar surface area (TPSA) is 82.8 Å². The molecule has 2 N–H and O–H groups in total. The minimum Gasteiger partial charge on any atom is -0.478 e. The molecule has 1 atom stereocenters. The molecule has 2 aromatic carbocycles. The van der Waals surface area contributed by atoms with Gasteiger partial charge in [-0.15, -0.1) is 0 Å². The molecule has 0 unspecified atom stereocenters. The first-order valence-electron chi connectivity index (χ1n) is 11.5. The summed E-state index contributed by atoms with van der Waals surface area (Å²) >= 11 is 0. The monoisotopic (exact) mass is 519 g/mol. The van der Waals surface area contributed by atoms with E-state index in [9.17, 15) is 31.9 Å². The van der Waals surface area contributed by atoms with Crippen LogP contribution in [0.5, 0.6) is 0 Å². The van der Waals surface area contributed by atoms with Gasteiger partial charge in [0.15, 0.2) is 5.69 Å². The van der Waals surface area contributed by atoms with Gasteiger partial charge in [0.25, 0.3) is 5.92 Å². The standard InChI is InChI=1S/C25H22F5N5O2/c1-13-9-16(14(2)31-18-6-4-3-5-15(18)22(36)37)20-17(10-13)21-32-19(25(28,29)30)11-35(21)23(33-20)34-8-7-24(26,27)12-34/h3-6,9-11,14,31H,7-8,12H2,1-2H3,(H,36,37)/t14-/m1/s1. The van der Waals surface area contributed by atoms with Gasteiger partial charge < -0.3 is 15.3 Å². The fraction of sp³-hybridized carbons (Fsp3) is 0.320. The minimum atomic E-state index is -4.74. The highest BCUT2D eigenvalue weighted by molar-refractivity contribution is 5.96. The minimum absolute atomic E-state index is 0.0460. The molecular formula is C25H22F5N5O2. The number of benzene rings is 2. The maximum atomic E-state index is 14.1. The zero-order valence-corrected chi connectivity index (χ0v) is 19.8. The summed E-state index contributed by atoms with van der Waals surface area (Å²) < 4.78 is 70.1. The van der Waals surface area contributed by atoms with Gasteiger partial charge in [0.05, 0.1) is 23.7 Å². The summed E-state index contributed by atoms with van der Waals surface area (Å²) in [5.74, 6) is -4.19. The van der Waals surface area contributed by atoms with Crippen molar-refractivity contribution < 1.29 is 31.9 Å². The van der Waals surface area contributed by atoms with E-state index in [0.29, 0.717) is 22.2 Å². The van der Waals surface area contributed by atoms with Crippen molar-refractivity contribution in [2.75, 3.05) is 23.3 Å². The lowest BCUT2D eigenvalue weighted by molar-refractivity contribution is -0.140. The third kappa shape index (κ3) is 4.51. The molecule has 0 radical (unpaired) electrons. The third-order valence-electron chi connectivity index (χ3n) is 6.40. The Hall–Kier alpha value is -3.96. The maximum Gasteiger partial charge on any atom is 0.434 e. The Morgan fingerprint density at radius 2 is 1.92 bits per heavy atom. The molecule has 5 rings (SSSR count). The number of aryl methyl sites for hydroxylation is 1. The first-order valence-corrected chi connectivity index (χ1v) is 11.5. The molecule has 3 heterocycles. The number of nitrogens with zero attached hydrogens (tertiary/aromatic N) is 4. The normalized spacial score (nSPS) is 16.5. The van der Waals surface area contributed by atoms with Crippen LogP contribution >= 0.6 is 0 Å². The number of aromatic nitrogens is 3. The zero-order valence-electron chi connectivity index (χ0n) is 19.8. The lowest BCUT2D eigenvalue weighted by Crippen LogP contribution is -2.27. The number of para-hydroxylation sites is 1. The quantitative estimate of drug-likeness (QED) is 0.318. The number of carbonyl (C=O) groups is 1. The first kappa shape index (κ1) is 24.7. The highest BCUT2D eigenvalue weighted by Crippen LogP contribution is 2.37. The lowest BCUT2D eigenvalue weighted by Gasteiger charge is -2.22. The fourth-order valence-corrected chi connectivity index (χ4v) is 4.68. The molecule has 0 amide bonds. The summed E-state index contributed by atoms with van der Waals surface area (Å²) in [6.45, 7) is 2.76. The number of halogens is 5. The van der Waals surface area contributed by atoms with Gasteiger partial charge in [0, 0.05) is 35.8 Å². The Kier molecular flexibility index (Phi) is 5.72. The van der Waals surface area contributed by atoms with Gasteiger partial charge in [0.1, 0.15) is 5.65 Å². The number of imidazole rings is 1. The van der Waals surface area contributed by atoms with Crippen molar-refractivity contribution >= 4 is 34.2 Å². The van der Waals surface area contributed by atoms with Crippen LogP contribution in [0.15, 0.2) is 42.6 Å². The smallest absolute Gasteiger partial charge is 0.434 e. The van der Waals surface area contributed by atoms with E-state index in [0.717, 1.165) is 10.6 Å². The van der Waals surface area contributed by atoms with Crippen LogP contribution in [0.25, 0.3) is 16.6 Å². The fourth-order valence-electron chi connectivity index (χ4n) is 4.68. The Bertz CT molecular complexity index is 1530. The molecule has 1 fully saturated rings. The summed E-state index contributed by atoms with van der Waals surface area (Å²) in [6, 6.07) is 9.20. The van der Waals surface area contributed by atoms with E-state index in [1.54, 1.807) is 44.2 Å². The molecule has 4 aromatic rings. The van der Waals surface area contributed by atoms with E-state index in [4.69, 9.17) is 0 Å². The van der Waals surface area contributed by atoms with Crippen LogP contribution in [0.1, 0.15) is 46.6 Å². The van der Waals surface area contributed by atoms with Crippen LogP contribution < -0.4 is 10.2 Å². The summed E-state index contributed by atoms with van der Waals surface area (Å²) in [6.07, 6.45) is -4.41. The molecule has 0 spiro atoms. The van der Waals surface area contributed by atoms with Gasteiger partial charge in [-0.2, -0.15) is 13.2 Å². The molecule has 1 aliphatic heterocycles. The van der Waals surface area contributed by atoms with Gasteiger partial charge in [-0.05, 0) is 37.6 Å². The second-order valence-electron chi connectivity index (χ2n) is 9.22. The Labute approximate surface area is 207 Å².